The lowest BCUT2D eigenvalue weighted by molar-refractivity contribution is 0.587. The van der Waals surface area contributed by atoms with Crippen LogP contribution in [0.25, 0.3) is 10.9 Å². The van der Waals surface area contributed by atoms with Gasteiger partial charge in [-0.05, 0) is 31.4 Å². The molecule has 0 fully saturated rings. The molecule has 0 saturated carbocycles. The zero-order valence-corrected chi connectivity index (χ0v) is 12.3. The molecule has 0 radical (unpaired) electrons. The Morgan fingerprint density at radius 3 is 2.53 bits per heavy atom. The quantitative estimate of drug-likeness (QED) is 0.650. The van der Waals surface area contributed by atoms with Gasteiger partial charge in [0, 0.05) is 11.1 Å². The summed E-state index contributed by atoms with van der Waals surface area (Å²) in [5.74, 6) is 0. The Balaban J connectivity index is 1.79. The molecule has 1 N–H and O–H groups in total. The molecule has 1 aromatic carbocycles. The second-order valence-electron chi connectivity index (χ2n) is 5.54. The van der Waals surface area contributed by atoms with Gasteiger partial charge in [-0.3, -0.25) is 5.10 Å². The molecule has 2 nitrogen and oxygen atoms in total. The number of aromatic nitrogens is 2. The van der Waals surface area contributed by atoms with Crippen LogP contribution in [0.2, 0.25) is 0 Å². The predicted octanol–water partition coefficient (Wildman–Crippen LogP) is 5.16. The van der Waals surface area contributed by atoms with Crippen molar-refractivity contribution in [3.63, 3.8) is 0 Å². The zero-order valence-electron chi connectivity index (χ0n) is 12.3. The van der Waals surface area contributed by atoms with Gasteiger partial charge in [-0.25, -0.2) is 0 Å². The number of benzene rings is 1. The highest BCUT2D eigenvalue weighted by Gasteiger charge is 2.06. The summed E-state index contributed by atoms with van der Waals surface area (Å²) < 4.78 is 0. The fourth-order valence-electron chi connectivity index (χ4n) is 2.76. The van der Waals surface area contributed by atoms with Crippen molar-refractivity contribution in [3.8, 4) is 0 Å². The van der Waals surface area contributed by atoms with Crippen molar-refractivity contribution in [2.75, 3.05) is 0 Å². The first kappa shape index (κ1) is 14.1. The highest BCUT2D eigenvalue weighted by Crippen LogP contribution is 2.21. The van der Waals surface area contributed by atoms with Crippen molar-refractivity contribution in [2.24, 2.45) is 0 Å². The average Bonchev–Trinajstić information content (AvgIpc) is 2.82. The Hall–Kier alpha value is -1.31. The third-order valence-corrected chi connectivity index (χ3v) is 3.89. The summed E-state index contributed by atoms with van der Waals surface area (Å²) in [6, 6.07) is 6.34. The van der Waals surface area contributed by atoms with Crippen molar-refractivity contribution in [1.82, 2.24) is 10.2 Å². The van der Waals surface area contributed by atoms with Crippen LogP contribution in [-0.4, -0.2) is 10.2 Å². The number of hydrogen-bond donors (Lipinski definition) is 1. The molecule has 2 heteroatoms. The first-order chi connectivity index (χ1) is 9.33. The maximum absolute atomic E-state index is 4.39. The lowest BCUT2D eigenvalue weighted by Gasteiger charge is -2.02. The third kappa shape index (κ3) is 3.82. The number of rotatable bonds is 8. The van der Waals surface area contributed by atoms with Crippen molar-refractivity contribution in [2.45, 2.75) is 65.2 Å². The van der Waals surface area contributed by atoms with E-state index in [9.17, 15) is 0 Å². The lowest BCUT2D eigenvalue weighted by atomic mass is 10.0. The standard InChI is InChI=1S/C17H26N2/c1-3-4-5-6-7-8-9-12-15-17-14(2)11-10-13-16(17)19-18-15/h10-11,13H,3-9,12H2,1-2H3,(H,18,19). The molecule has 0 saturated heterocycles. The molecule has 2 rings (SSSR count). The minimum absolute atomic E-state index is 1.11. The van der Waals surface area contributed by atoms with E-state index in [0.717, 1.165) is 11.9 Å². The summed E-state index contributed by atoms with van der Waals surface area (Å²) in [4.78, 5) is 0. The summed E-state index contributed by atoms with van der Waals surface area (Å²) in [6.07, 6.45) is 10.7. The number of hydrogen-bond acceptors (Lipinski definition) is 1. The minimum Gasteiger partial charge on any atom is -0.281 e. The summed E-state index contributed by atoms with van der Waals surface area (Å²) in [7, 11) is 0. The molecule has 0 aliphatic heterocycles. The van der Waals surface area contributed by atoms with Crippen LogP contribution in [-0.2, 0) is 6.42 Å². The molecule has 0 unspecified atom stereocenters. The Morgan fingerprint density at radius 1 is 1.00 bits per heavy atom. The van der Waals surface area contributed by atoms with Gasteiger partial charge in [0.25, 0.3) is 0 Å². The minimum atomic E-state index is 1.11. The highest BCUT2D eigenvalue weighted by molar-refractivity contribution is 5.84. The van der Waals surface area contributed by atoms with Crippen LogP contribution >= 0.6 is 0 Å². The van der Waals surface area contributed by atoms with E-state index in [0.29, 0.717) is 0 Å². The SMILES string of the molecule is CCCCCCCCCc1[nH]nc2cccc(C)c12. The maximum Gasteiger partial charge on any atom is 0.0926 e. The van der Waals surface area contributed by atoms with Crippen molar-refractivity contribution in [1.29, 1.82) is 0 Å². The molecule has 19 heavy (non-hydrogen) atoms. The molecule has 1 heterocycles. The summed E-state index contributed by atoms with van der Waals surface area (Å²) >= 11 is 0. The van der Waals surface area contributed by atoms with E-state index in [1.165, 1.54) is 61.6 Å². The second kappa shape index (κ2) is 7.32. The van der Waals surface area contributed by atoms with Gasteiger partial charge in [-0.1, -0.05) is 57.6 Å². The van der Waals surface area contributed by atoms with Crippen molar-refractivity contribution in [3.05, 3.63) is 29.5 Å². The summed E-state index contributed by atoms with van der Waals surface area (Å²) in [6.45, 7) is 4.44. The molecular formula is C17H26N2. The van der Waals surface area contributed by atoms with Gasteiger partial charge in [0.15, 0.2) is 0 Å². The fraction of sp³-hybridized carbons (Fsp3) is 0.588. The van der Waals surface area contributed by atoms with Gasteiger partial charge in [0.1, 0.15) is 0 Å². The van der Waals surface area contributed by atoms with Crippen LogP contribution < -0.4 is 0 Å². The van der Waals surface area contributed by atoms with E-state index in [1.54, 1.807) is 0 Å². The van der Waals surface area contributed by atoms with Crippen LogP contribution in [0.3, 0.4) is 0 Å². The smallest absolute Gasteiger partial charge is 0.0926 e. The number of fused-ring (bicyclic) bond motifs is 1. The number of aryl methyl sites for hydroxylation is 2. The van der Waals surface area contributed by atoms with Gasteiger partial charge >= 0.3 is 0 Å². The Labute approximate surface area is 116 Å². The van der Waals surface area contributed by atoms with E-state index in [-0.39, 0.29) is 0 Å². The number of nitrogens with one attached hydrogen (secondary N) is 1. The maximum atomic E-state index is 4.39. The van der Waals surface area contributed by atoms with Crippen LogP contribution in [0.15, 0.2) is 18.2 Å². The predicted molar refractivity (Wildman–Crippen MR) is 82.5 cm³/mol. The molecule has 2 aromatic rings. The Morgan fingerprint density at radius 2 is 1.74 bits per heavy atom. The van der Waals surface area contributed by atoms with Crippen LogP contribution in [0.5, 0.6) is 0 Å². The summed E-state index contributed by atoms with van der Waals surface area (Å²) in [5, 5.41) is 8.95. The van der Waals surface area contributed by atoms with Gasteiger partial charge in [-0.2, -0.15) is 5.10 Å². The van der Waals surface area contributed by atoms with E-state index in [2.05, 4.69) is 42.2 Å². The van der Waals surface area contributed by atoms with Crippen LogP contribution in [0.1, 0.15) is 63.1 Å². The second-order valence-corrected chi connectivity index (χ2v) is 5.54. The Bertz CT molecular complexity index is 499. The normalized spacial score (nSPS) is 11.3. The number of unbranched alkanes of at least 4 members (excludes halogenated alkanes) is 6. The number of nitrogens with zero attached hydrogens (tertiary/aromatic N) is 1. The molecule has 1 aromatic heterocycles. The lowest BCUT2D eigenvalue weighted by Crippen LogP contribution is -1.89. The van der Waals surface area contributed by atoms with Crippen molar-refractivity contribution >= 4 is 10.9 Å². The fourth-order valence-corrected chi connectivity index (χ4v) is 2.76. The summed E-state index contributed by atoms with van der Waals surface area (Å²) in [5.41, 5.74) is 3.77. The molecule has 0 aliphatic rings. The number of aromatic amines is 1. The van der Waals surface area contributed by atoms with Gasteiger partial charge in [0.2, 0.25) is 0 Å². The van der Waals surface area contributed by atoms with E-state index in [1.807, 2.05) is 0 Å². The van der Waals surface area contributed by atoms with Gasteiger partial charge in [-0.15, -0.1) is 0 Å². The average molecular weight is 258 g/mol. The van der Waals surface area contributed by atoms with Gasteiger partial charge < -0.3 is 0 Å². The zero-order chi connectivity index (χ0) is 13.5. The molecule has 0 aliphatic carbocycles. The van der Waals surface area contributed by atoms with Gasteiger partial charge in [0.05, 0.1) is 5.52 Å². The molecule has 104 valence electrons. The molecule has 0 amide bonds. The number of H-pyrrole nitrogens is 1. The highest BCUT2D eigenvalue weighted by atomic mass is 15.1. The van der Waals surface area contributed by atoms with Crippen LogP contribution in [0, 0.1) is 6.92 Å². The first-order valence-electron chi connectivity index (χ1n) is 7.75. The monoisotopic (exact) mass is 258 g/mol. The van der Waals surface area contributed by atoms with Crippen molar-refractivity contribution < 1.29 is 0 Å². The van der Waals surface area contributed by atoms with E-state index >= 15 is 0 Å². The Kier molecular flexibility index (Phi) is 5.44. The molecule has 0 atom stereocenters. The van der Waals surface area contributed by atoms with E-state index in [4.69, 9.17) is 0 Å². The molecule has 0 spiro atoms. The van der Waals surface area contributed by atoms with E-state index < -0.39 is 0 Å². The first-order valence-corrected chi connectivity index (χ1v) is 7.75. The topological polar surface area (TPSA) is 28.7 Å². The third-order valence-electron chi connectivity index (χ3n) is 3.89. The van der Waals surface area contributed by atoms with Crippen LogP contribution in [0.4, 0.5) is 0 Å². The molecule has 0 bridgehead atoms. The largest absolute Gasteiger partial charge is 0.281 e. The molecular weight excluding hydrogens is 232 g/mol.